The van der Waals surface area contributed by atoms with E-state index >= 15 is 0 Å². The molecule has 0 aliphatic carbocycles. The quantitative estimate of drug-likeness (QED) is 0.553. The molecule has 0 saturated heterocycles. The third-order valence-electron chi connectivity index (χ3n) is 1.43. The Bertz CT molecular complexity index is 246. The van der Waals surface area contributed by atoms with Crippen molar-refractivity contribution in [1.82, 2.24) is 15.8 Å². The van der Waals surface area contributed by atoms with Crippen molar-refractivity contribution in [2.75, 3.05) is 13.7 Å². The van der Waals surface area contributed by atoms with Crippen LogP contribution in [0.4, 0.5) is 0 Å². The zero-order chi connectivity index (χ0) is 9.52. The molecule has 0 aliphatic heterocycles. The van der Waals surface area contributed by atoms with Gasteiger partial charge < -0.3 is 9.72 Å². The van der Waals surface area contributed by atoms with E-state index in [-0.39, 0.29) is 12.5 Å². The van der Waals surface area contributed by atoms with Gasteiger partial charge in [0.1, 0.15) is 6.61 Å². The summed E-state index contributed by atoms with van der Waals surface area (Å²) in [5.74, 6) is -0.182. The third kappa shape index (κ3) is 3.73. The summed E-state index contributed by atoms with van der Waals surface area (Å²) < 4.78 is 5.12. The van der Waals surface area contributed by atoms with E-state index in [1.54, 1.807) is 7.05 Å². The van der Waals surface area contributed by atoms with Crippen LogP contribution >= 0.6 is 0 Å². The van der Waals surface area contributed by atoms with Crippen LogP contribution in [-0.2, 0) is 16.1 Å². The van der Waals surface area contributed by atoms with Crippen molar-refractivity contribution in [2.45, 2.75) is 6.61 Å². The van der Waals surface area contributed by atoms with Gasteiger partial charge in [-0.05, 0) is 11.6 Å². The van der Waals surface area contributed by atoms with Gasteiger partial charge in [0.2, 0.25) is 0 Å². The standard InChI is InChI=1S/C8H13N3O2/c1-9-11-8(12)6-13-5-7-2-3-10-4-7/h2-4,9-10H,5-6H2,1H3,(H,11,12). The molecule has 0 spiro atoms. The second-order valence-electron chi connectivity index (χ2n) is 2.51. The van der Waals surface area contributed by atoms with Crippen molar-refractivity contribution in [3.8, 4) is 0 Å². The molecule has 72 valence electrons. The average molecular weight is 183 g/mol. The zero-order valence-electron chi connectivity index (χ0n) is 7.46. The number of rotatable bonds is 5. The van der Waals surface area contributed by atoms with Crippen LogP contribution in [-0.4, -0.2) is 24.5 Å². The van der Waals surface area contributed by atoms with Gasteiger partial charge in [-0.2, -0.15) is 0 Å². The molecule has 1 aromatic heterocycles. The first-order valence-electron chi connectivity index (χ1n) is 3.98. The summed E-state index contributed by atoms with van der Waals surface area (Å²) in [5, 5.41) is 0. The summed E-state index contributed by atoms with van der Waals surface area (Å²) in [6, 6.07) is 1.90. The number of amides is 1. The molecule has 0 aromatic carbocycles. The van der Waals surface area contributed by atoms with E-state index in [1.165, 1.54) is 0 Å². The van der Waals surface area contributed by atoms with Crippen LogP contribution < -0.4 is 10.9 Å². The van der Waals surface area contributed by atoms with Crippen LogP contribution in [0.2, 0.25) is 0 Å². The van der Waals surface area contributed by atoms with Gasteiger partial charge in [-0.25, -0.2) is 5.43 Å². The van der Waals surface area contributed by atoms with Gasteiger partial charge in [-0.1, -0.05) is 0 Å². The maximum Gasteiger partial charge on any atom is 0.260 e. The molecule has 0 saturated carbocycles. The van der Waals surface area contributed by atoms with Gasteiger partial charge >= 0.3 is 0 Å². The number of aromatic amines is 1. The van der Waals surface area contributed by atoms with Crippen LogP contribution in [0.1, 0.15) is 5.56 Å². The van der Waals surface area contributed by atoms with Crippen molar-refractivity contribution >= 4 is 5.91 Å². The van der Waals surface area contributed by atoms with E-state index in [9.17, 15) is 4.79 Å². The average Bonchev–Trinajstić information content (AvgIpc) is 2.57. The molecule has 0 aliphatic rings. The molecule has 5 nitrogen and oxygen atoms in total. The van der Waals surface area contributed by atoms with Crippen molar-refractivity contribution in [3.63, 3.8) is 0 Å². The number of hydrogen-bond donors (Lipinski definition) is 3. The Hall–Kier alpha value is -1.33. The van der Waals surface area contributed by atoms with Gasteiger partial charge in [-0.15, -0.1) is 0 Å². The predicted molar refractivity (Wildman–Crippen MR) is 47.7 cm³/mol. The Kier molecular flexibility index (Phi) is 4.01. The van der Waals surface area contributed by atoms with E-state index < -0.39 is 0 Å². The lowest BCUT2D eigenvalue weighted by molar-refractivity contribution is -0.126. The molecule has 1 aromatic rings. The first kappa shape index (κ1) is 9.76. The van der Waals surface area contributed by atoms with Crippen molar-refractivity contribution in [1.29, 1.82) is 0 Å². The summed E-state index contributed by atoms with van der Waals surface area (Å²) in [5.41, 5.74) is 5.95. The fraction of sp³-hybridized carbons (Fsp3) is 0.375. The minimum atomic E-state index is -0.182. The lowest BCUT2D eigenvalue weighted by Gasteiger charge is -2.03. The molecular formula is C8H13N3O2. The van der Waals surface area contributed by atoms with Crippen LogP contribution in [0.25, 0.3) is 0 Å². The second-order valence-corrected chi connectivity index (χ2v) is 2.51. The SMILES string of the molecule is CNNC(=O)COCc1cc[nH]c1. The topological polar surface area (TPSA) is 66.2 Å². The predicted octanol–water partition coefficient (Wildman–Crippen LogP) is -0.218. The lowest BCUT2D eigenvalue weighted by Crippen LogP contribution is -2.36. The largest absolute Gasteiger partial charge is 0.367 e. The Labute approximate surface area is 76.4 Å². The molecule has 5 heteroatoms. The number of ether oxygens (including phenoxy) is 1. The molecule has 1 heterocycles. The minimum absolute atomic E-state index is 0.0615. The van der Waals surface area contributed by atoms with E-state index in [2.05, 4.69) is 15.8 Å². The molecular weight excluding hydrogens is 170 g/mol. The van der Waals surface area contributed by atoms with Crippen LogP contribution in [0.15, 0.2) is 18.5 Å². The Morgan fingerprint density at radius 1 is 1.69 bits per heavy atom. The molecule has 0 radical (unpaired) electrons. The smallest absolute Gasteiger partial charge is 0.260 e. The van der Waals surface area contributed by atoms with Crippen molar-refractivity contribution in [3.05, 3.63) is 24.0 Å². The first-order chi connectivity index (χ1) is 6.33. The number of hydrazine groups is 1. The highest BCUT2D eigenvalue weighted by atomic mass is 16.5. The molecule has 0 atom stereocenters. The van der Waals surface area contributed by atoms with Gasteiger partial charge in [-0.3, -0.25) is 10.2 Å². The number of nitrogens with one attached hydrogen (secondary N) is 3. The highest BCUT2D eigenvalue weighted by Gasteiger charge is 1.99. The van der Waals surface area contributed by atoms with Crippen LogP contribution in [0.3, 0.4) is 0 Å². The van der Waals surface area contributed by atoms with Gasteiger partial charge in [0.05, 0.1) is 6.61 Å². The maximum atomic E-state index is 10.9. The molecule has 1 rings (SSSR count). The van der Waals surface area contributed by atoms with E-state index in [1.807, 2.05) is 18.5 Å². The fourth-order valence-electron chi connectivity index (χ4n) is 0.885. The van der Waals surface area contributed by atoms with E-state index in [0.717, 1.165) is 5.56 Å². The van der Waals surface area contributed by atoms with E-state index in [4.69, 9.17) is 4.74 Å². The molecule has 0 fully saturated rings. The second kappa shape index (κ2) is 5.34. The third-order valence-corrected chi connectivity index (χ3v) is 1.43. The molecule has 0 bridgehead atoms. The molecule has 1 amide bonds. The Morgan fingerprint density at radius 3 is 3.15 bits per heavy atom. The maximum absolute atomic E-state index is 10.9. The number of carbonyl (C=O) groups excluding carboxylic acids is 1. The van der Waals surface area contributed by atoms with Crippen molar-refractivity contribution < 1.29 is 9.53 Å². The normalized spacial score (nSPS) is 9.92. The van der Waals surface area contributed by atoms with Gasteiger partial charge in [0, 0.05) is 19.4 Å². The lowest BCUT2D eigenvalue weighted by atomic mass is 10.4. The Balaban J connectivity index is 2.11. The van der Waals surface area contributed by atoms with Gasteiger partial charge in [0.25, 0.3) is 5.91 Å². The minimum Gasteiger partial charge on any atom is -0.367 e. The number of carbonyl (C=O) groups is 1. The van der Waals surface area contributed by atoms with Crippen LogP contribution in [0, 0.1) is 0 Å². The number of aromatic nitrogens is 1. The summed E-state index contributed by atoms with van der Waals surface area (Å²) in [6.45, 7) is 0.507. The van der Waals surface area contributed by atoms with Crippen molar-refractivity contribution in [2.24, 2.45) is 0 Å². The summed E-state index contributed by atoms with van der Waals surface area (Å²) >= 11 is 0. The number of hydrogen-bond acceptors (Lipinski definition) is 3. The Morgan fingerprint density at radius 2 is 2.54 bits per heavy atom. The zero-order valence-corrected chi connectivity index (χ0v) is 7.46. The first-order valence-corrected chi connectivity index (χ1v) is 3.98. The molecule has 3 N–H and O–H groups in total. The summed E-state index contributed by atoms with van der Waals surface area (Å²) in [6.07, 6.45) is 3.64. The molecule has 0 unspecified atom stereocenters. The summed E-state index contributed by atoms with van der Waals surface area (Å²) in [7, 11) is 1.63. The van der Waals surface area contributed by atoms with E-state index in [0.29, 0.717) is 6.61 Å². The van der Waals surface area contributed by atoms with Crippen LogP contribution in [0.5, 0.6) is 0 Å². The molecule has 13 heavy (non-hydrogen) atoms. The van der Waals surface area contributed by atoms with Gasteiger partial charge in [0.15, 0.2) is 0 Å². The highest BCUT2D eigenvalue weighted by molar-refractivity contribution is 5.76. The summed E-state index contributed by atoms with van der Waals surface area (Å²) in [4.78, 5) is 13.8. The highest BCUT2D eigenvalue weighted by Crippen LogP contribution is 1.97. The monoisotopic (exact) mass is 183 g/mol. The number of H-pyrrole nitrogens is 1. The fourth-order valence-corrected chi connectivity index (χ4v) is 0.885.